The number of hydrogen-bond donors (Lipinski definition) is 0. The van der Waals surface area contributed by atoms with Gasteiger partial charge in [0.1, 0.15) is 11.1 Å². The maximum atomic E-state index is 12.2. The van der Waals surface area contributed by atoms with Crippen molar-refractivity contribution in [3.05, 3.63) is 40.9 Å². The van der Waals surface area contributed by atoms with Gasteiger partial charge in [-0.2, -0.15) is 0 Å². The molecule has 20 heavy (non-hydrogen) atoms. The smallest absolute Gasteiger partial charge is 0.240 e. The number of ether oxygens (including phenoxy) is 1. The molecule has 1 fully saturated rings. The Morgan fingerprint density at radius 2 is 2.30 bits per heavy atom. The van der Waals surface area contributed by atoms with Crippen molar-refractivity contribution < 1.29 is 9.53 Å². The van der Waals surface area contributed by atoms with Crippen LogP contribution in [-0.4, -0.2) is 23.8 Å². The molecule has 2 heterocycles. The lowest BCUT2D eigenvalue weighted by Gasteiger charge is -2.21. The third-order valence-electron chi connectivity index (χ3n) is 3.06. The van der Waals surface area contributed by atoms with E-state index in [1.807, 2.05) is 31.2 Å². The van der Waals surface area contributed by atoms with Gasteiger partial charge in [-0.3, -0.25) is 9.69 Å². The minimum absolute atomic E-state index is 0.0249. The monoisotopic (exact) mass is 306 g/mol. The molecule has 104 valence electrons. The fraction of sp³-hybridized carbons (Fsp3) is 0.286. The molecule has 1 saturated heterocycles. The topological polar surface area (TPSA) is 42.4 Å². The number of hydrogen-bond acceptors (Lipinski definition) is 5. The van der Waals surface area contributed by atoms with Gasteiger partial charge in [-0.25, -0.2) is 4.98 Å². The number of rotatable bonds is 3. The summed E-state index contributed by atoms with van der Waals surface area (Å²) in [5.74, 6) is 1.40. The Hall–Kier alpha value is -1.53. The summed E-state index contributed by atoms with van der Waals surface area (Å²) in [6.45, 7) is 2.00. The fourth-order valence-corrected chi connectivity index (χ4v) is 4.14. The first-order chi connectivity index (χ1) is 9.69. The van der Waals surface area contributed by atoms with Gasteiger partial charge in [0.05, 0.1) is 12.9 Å². The van der Waals surface area contributed by atoms with Crippen molar-refractivity contribution in [1.29, 1.82) is 0 Å². The lowest BCUT2D eigenvalue weighted by Crippen LogP contribution is -2.27. The Morgan fingerprint density at radius 3 is 3.00 bits per heavy atom. The number of aryl methyl sites for hydroxylation is 1. The largest absolute Gasteiger partial charge is 0.497 e. The molecule has 1 atom stereocenters. The first kappa shape index (κ1) is 13.5. The maximum absolute atomic E-state index is 12.2. The summed E-state index contributed by atoms with van der Waals surface area (Å²) in [6, 6.07) is 7.85. The Bertz CT molecular complexity index is 642. The Labute approximate surface area is 125 Å². The number of benzene rings is 1. The van der Waals surface area contributed by atoms with Gasteiger partial charge in [-0.05, 0) is 24.6 Å². The predicted octanol–water partition coefficient (Wildman–Crippen LogP) is 3.24. The van der Waals surface area contributed by atoms with E-state index in [1.165, 1.54) is 0 Å². The highest BCUT2D eigenvalue weighted by molar-refractivity contribution is 8.00. The molecule has 0 N–H and O–H groups in total. The second kappa shape index (κ2) is 5.46. The van der Waals surface area contributed by atoms with Gasteiger partial charge in [0.25, 0.3) is 0 Å². The molecule has 4 nitrogen and oxygen atoms in total. The highest BCUT2D eigenvalue weighted by Crippen LogP contribution is 2.43. The van der Waals surface area contributed by atoms with E-state index >= 15 is 0 Å². The van der Waals surface area contributed by atoms with Crippen LogP contribution in [0.15, 0.2) is 30.5 Å². The van der Waals surface area contributed by atoms with Crippen LogP contribution in [0.4, 0.5) is 5.13 Å². The Kier molecular flexibility index (Phi) is 3.67. The lowest BCUT2D eigenvalue weighted by atomic mass is 10.2. The molecule has 0 spiro atoms. The number of amides is 1. The van der Waals surface area contributed by atoms with E-state index in [9.17, 15) is 4.79 Å². The van der Waals surface area contributed by atoms with E-state index < -0.39 is 0 Å². The van der Waals surface area contributed by atoms with Crippen LogP contribution in [0.2, 0.25) is 0 Å². The zero-order chi connectivity index (χ0) is 14.1. The number of nitrogens with zero attached hydrogens (tertiary/aromatic N) is 2. The van der Waals surface area contributed by atoms with Crippen LogP contribution >= 0.6 is 23.1 Å². The first-order valence-corrected chi connectivity index (χ1v) is 8.05. The molecule has 0 unspecified atom stereocenters. The minimum Gasteiger partial charge on any atom is -0.497 e. The quantitative estimate of drug-likeness (QED) is 0.873. The van der Waals surface area contributed by atoms with Crippen molar-refractivity contribution in [3.8, 4) is 5.75 Å². The predicted molar refractivity (Wildman–Crippen MR) is 82.5 cm³/mol. The lowest BCUT2D eigenvalue weighted by molar-refractivity contribution is -0.115. The SMILES string of the molecule is COc1cccc([C@H]2SCC(=O)N2c2ncc(C)s2)c1. The third kappa shape index (κ3) is 2.41. The zero-order valence-electron chi connectivity index (χ0n) is 11.2. The molecule has 0 aliphatic carbocycles. The second-order valence-electron chi connectivity index (χ2n) is 4.46. The molecular formula is C14H14N2O2S2. The molecule has 0 saturated carbocycles. The average Bonchev–Trinajstić information content (AvgIpc) is 3.04. The molecule has 2 aromatic rings. The highest BCUT2D eigenvalue weighted by Gasteiger charge is 2.35. The normalized spacial score (nSPS) is 18.6. The van der Waals surface area contributed by atoms with Gasteiger partial charge in [0, 0.05) is 11.1 Å². The van der Waals surface area contributed by atoms with Crippen LogP contribution < -0.4 is 9.64 Å². The molecule has 1 aliphatic heterocycles. The second-order valence-corrected chi connectivity index (χ2v) is 6.74. The Morgan fingerprint density at radius 1 is 1.45 bits per heavy atom. The number of anilines is 1. The van der Waals surface area contributed by atoms with Crippen LogP contribution in [0.1, 0.15) is 15.8 Å². The number of aromatic nitrogens is 1. The van der Waals surface area contributed by atoms with Crippen molar-refractivity contribution in [1.82, 2.24) is 4.98 Å². The molecule has 0 bridgehead atoms. The number of methoxy groups -OCH3 is 1. The summed E-state index contributed by atoms with van der Waals surface area (Å²) in [7, 11) is 1.65. The van der Waals surface area contributed by atoms with E-state index in [0.717, 1.165) is 21.3 Å². The Balaban J connectivity index is 1.97. The molecule has 1 amide bonds. The van der Waals surface area contributed by atoms with Crippen molar-refractivity contribution >= 4 is 34.1 Å². The van der Waals surface area contributed by atoms with Crippen molar-refractivity contribution in [2.75, 3.05) is 17.8 Å². The zero-order valence-corrected chi connectivity index (χ0v) is 12.8. The third-order valence-corrected chi connectivity index (χ3v) is 5.19. The maximum Gasteiger partial charge on any atom is 0.240 e. The van der Waals surface area contributed by atoms with E-state index in [1.54, 1.807) is 41.3 Å². The molecule has 3 rings (SSSR count). The van der Waals surface area contributed by atoms with Gasteiger partial charge in [-0.15, -0.1) is 23.1 Å². The number of carbonyl (C=O) groups excluding carboxylic acids is 1. The van der Waals surface area contributed by atoms with E-state index in [-0.39, 0.29) is 11.3 Å². The molecule has 6 heteroatoms. The van der Waals surface area contributed by atoms with Crippen LogP contribution in [0, 0.1) is 6.92 Å². The summed E-state index contributed by atoms with van der Waals surface area (Å²) in [6.07, 6.45) is 1.80. The van der Waals surface area contributed by atoms with E-state index in [2.05, 4.69) is 4.98 Å². The molecule has 1 aromatic heterocycles. The molecular weight excluding hydrogens is 292 g/mol. The van der Waals surface area contributed by atoms with Gasteiger partial charge in [-0.1, -0.05) is 12.1 Å². The minimum atomic E-state index is -0.0249. The standard InChI is InChI=1S/C14H14N2O2S2/c1-9-7-15-14(20-9)16-12(17)8-19-13(16)10-4-3-5-11(6-10)18-2/h3-7,13H,8H2,1-2H3/t13-/m1/s1. The molecule has 0 radical (unpaired) electrons. The fourth-order valence-electron chi connectivity index (χ4n) is 2.13. The van der Waals surface area contributed by atoms with Crippen LogP contribution in [0.3, 0.4) is 0 Å². The van der Waals surface area contributed by atoms with E-state index in [0.29, 0.717) is 5.75 Å². The van der Waals surface area contributed by atoms with Crippen molar-refractivity contribution in [3.63, 3.8) is 0 Å². The molecule has 1 aliphatic rings. The van der Waals surface area contributed by atoms with Crippen molar-refractivity contribution in [2.45, 2.75) is 12.3 Å². The van der Waals surface area contributed by atoms with Crippen molar-refractivity contribution in [2.24, 2.45) is 0 Å². The summed E-state index contributed by atoms with van der Waals surface area (Å²) in [5.41, 5.74) is 1.06. The number of thiazole rings is 1. The summed E-state index contributed by atoms with van der Waals surface area (Å²) in [4.78, 5) is 19.4. The van der Waals surface area contributed by atoms with Crippen LogP contribution in [0.25, 0.3) is 0 Å². The first-order valence-electron chi connectivity index (χ1n) is 6.19. The number of thioether (sulfide) groups is 1. The van der Waals surface area contributed by atoms with E-state index in [4.69, 9.17) is 4.74 Å². The van der Waals surface area contributed by atoms with Gasteiger partial charge >= 0.3 is 0 Å². The van der Waals surface area contributed by atoms with Gasteiger partial charge in [0.15, 0.2) is 5.13 Å². The highest BCUT2D eigenvalue weighted by atomic mass is 32.2. The molecule has 1 aromatic carbocycles. The summed E-state index contributed by atoms with van der Waals surface area (Å²) >= 11 is 3.17. The van der Waals surface area contributed by atoms with Gasteiger partial charge in [0.2, 0.25) is 5.91 Å². The summed E-state index contributed by atoms with van der Waals surface area (Å²) < 4.78 is 5.26. The summed E-state index contributed by atoms with van der Waals surface area (Å²) in [5, 5.41) is 0.744. The van der Waals surface area contributed by atoms with Gasteiger partial charge < -0.3 is 4.74 Å². The average molecular weight is 306 g/mol. The van der Waals surface area contributed by atoms with Crippen LogP contribution in [-0.2, 0) is 4.79 Å². The number of carbonyl (C=O) groups is 1. The van der Waals surface area contributed by atoms with Crippen LogP contribution in [0.5, 0.6) is 5.75 Å².